The highest BCUT2D eigenvalue weighted by atomic mass is 35.5. The fraction of sp³-hybridized carbons (Fsp3) is 0.417. The second kappa shape index (κ2) is 11.1. The number of fused-ring (bicyclic) bond motifs is 1. The summed E-state index contributed by atoms with van der Waals surface area (Å²) in [6, 6.07) is 15.1. The molecule has 0 fully saturated rings. The topological polar surface area (TPSA) is 70.2 Å². The van der Waals surface area contributed by atoms with Gasteiger partial charge in [0.25, 0.3) is 0 Å². The molecule has 3 rings (SSSR count). The van der Waals surface area contributed by atoms with E-state index in [-0.39, 0.29) is 36.2 Å². The third-order valence-electron chi connectivity index (χ3n) is 5.82. The Morgan fingerprint density at radius 3 is 2.37 bits per heavy atom. The van der Waals surface area contributed by atoms with E-state index in [1.807, 2.05) is 50.2 Å². The first-order chi connectivity index (χ1) is 14.0. The molecular formula is C24H32ClN3O2. The van der Waals surface area contributed by atoms with E-state index < -0.39 is 6.04 Å². The van der Waals surface area contributed by atoms with Crippen molar-refractivity contribution in [1.82, 2.24) is 10.6 Å². The quantitative estimate of drug-likeness (QED) is 0.626. The molecule has 162 valence electrons. The van der Waals surface area contributed by atoms with Gasteiger partial charge in [0.2, 0.25) is 11.8 Å². The summed E-state index contributed by atoms with van der Waals surface area (Å²) in [5.74, 6) is -0.265. The predicted octanol–water partition coefficient (Wildman–Crippen LogP) is 3.85. The van der Waals surface area contributed by atoms with E-state index in [0.29, 0.717) is 13.0 Å². The second-order valence-electron chi connectivity index (χ2n) is 7.82. The molecule has 1 heterocycles. The number of rotatable bonds is 7. The van der Waals surface area contributed by atoms with Crippen molar-refractivity contribution in [3.8, 4) is 0 Å². The smallest absolute Gasteiger partial charge is 0.247 e. The molecule has 6 heteroatoms. The number of amides is 2. The molecule has 1 aliphatic heterocycles. The number of carbonyl (C=O) groups is 2. The Morgan fingerprint density at radius 2 is 1.73 bits per heavy atom. The Labute approximate surface area is 185 Å². The summed E-state index contributed by atoms with van der Waals surface area (Å²) in [7, 11) is 0. The van der Waals surface area contributed by atoms with Gasteiger partial charge in [-0.25, -0.2) is 0 Å². The molecule has 2 aromatic rings. The van der Waals surface area contributed by atoms with Crippen LogP contribution in [0.1, 0.15) is 43.9 Å². The van der Waals surface area contributed by atoms with Gasteiger partial charge in [-0.2, -0.15) is 0 Å². The van der Waals surface area contributed by atoms with Crippen LogP contribution in [0.25, 0.3) is 0 Å². The summed E-state index contributed by atoms with van der Waals surface area (Å²) >= 11 is 0. The van der Waals surface area contributed by atoms with Crippen LogP contribution in [0.3, 0.4) is 0 Å². The van der Waals surface area contributed by atoms with E-state index in [9.17, 15) is 9.59 Å². The average Bonchev–Trinajstić information content (AvgIpc) is 2.76. The summed E-state index contributed by atoms with van der Waals surface area (Å²) in [6.07, 6.45) is 2.39. The van der Waals surface area contributed by atoms with E-state index in [1.165, 1.54) is 16.7 Å². The van der Waals surface area contributed by atoms with Gasteiger partial charge in [0.15, 0.2) is 0 Å². The molecule has 0 saturated heterocycles. The fourth-order valence-electron chi connectivity index (χ4n) is 3.64. The van der Waals surface area contributed by atoms with Crippen LogP contribution in [0.5, 0.6) is 0 Å². The van der Waals surface area contributed by atoms with Crippen LogP contribution in [-0.4, -0.2) is 23.9 Å². The van der Waals surface area contributed by atoms with Crippen molar-refractivity contribution in [2.45, 2.75) is 58.7 Å². The van der Waals surface area contributed by atoms with Gasteiger partial charge in [-0.05, 0) is 47.6 Å². The van der Waals surface area contributed by atoms with E-state index in [1.54, 1.807) is 0 Å². The van der Waals surface area contributed by atoms with Crippen LogP contribution in [0.4, 0.5) is 5.69 Å². The van der Waals surface area contributed by atoms with Gasteiger partial charge in [-0.3, -0.25) is 9.59 Å². The third kappa shape index (κ3) is 5.83. The van der Waals surface area contributed by atoms with Crippen molar-refractivity contribution < 1.29 is 9.59 Å². The minimum atomic E-state index is -0.572. The number of halogens is 1. The number of aryl methyl sites for hydroxylation is 1. The van der Waals surface area contributed by atoms with Crippen molar-refractivity contribution >= 4 is 29.9 Å². The summed E-state index contributed by atoms with van der Waals surface area (Å²) in [5.41, 5.74) is 4.38. The van der Waals surface area contributed by atoms with Crippen molar-refractivity contribution in [2.75, 3.05) is 5.32 Å². The molecule has 30 heavy (non-hydrogen) atoms. The zero-order chi connectivity index (χ0) is 20.8. The Kier molecular flexibility index (Phi) is 8.88. The molecular weight excluding hydrogens is 398 g/mol. The number of carbonyl (C=O) groups excluding carboxylic acids is 2. The minimum absolute atomic E-state index is 0. The predicted molar refractivity (Wildman–Crippen MR) is 124 cm³/mol. The fourth-order valence-corrected chi connectivity index (χ4v) is 3.64. The van der Waals surface area contributed by atoms with Crippen LogP contribution in [0, 0.1) is 5.92 Å². The van der Waals surface area contributed by atoms with Gasteiger partial charge in [-0.15, -0.1) is 12.4 Å². The highest BCUT2D eigenvalue weighted by Gasteiger charge is 2.30. The van der Waals surface area contributed by atoms with Crippen LogP contribution < -0.4 is 16.0 Å². The summed E-state index contributed by atoms with van der Waals surface area (Å²) in [4.78, 5) is 25.9. The highest BCUT2D eigenvalue weighted by molar-refractivity contribution is 5.98. The van der Waals surface area contributed by atoms with Crippen molar-refractivity contribution in [2.24, 2.45) is 5.92 Å². The standard InChI is InChI=1S/C24H31N3O2.ClH/c1-4-16(3)22(24(29)26-20-12-10-17(5-2)11-13-20)27-23(28)21-14-18-8-6-7-9-19(18)15-25-21;/h6-13,16,21-22,25H,4-5,14-15H2,1-3H3,(H,26,29)(H,27,28);1H. The molecule has 3 N–H and O–H groups in total. The molecule has 0 spiro atoms. The minimum Gasteiger partial charge on any atom is -0.343 e. The molecule has 0 saturated carbocycles. The first kappa shape index (κ1) is 23.9. The van der Waals surface area contributed by atoms with E-state index in [2.05, 4.69) is 35.0 Å². The number of benzene rings is 2. The lowest BCUT2D eigenvalue weighted by molar-refractivity contribution is -0.129. The van der Waals surface area contributed by atoms with E-state index in [0.717, 1.165) is 18.5 Å². The third-order valence-corrected chi connectivity index (χ3v) is 5.82. The summed E-state index contributed by atoms with van der Waals surface area (Å²) < 4.78 is 0. The molecule has 3 atom stereocenters. The lowest BCUT2D eigenvalue weighted by atomic mass is 9.94. The van der Waals surface area contributed by atoms with E-state index >= 15 is 0 Å². The maximum atomic E-state index is 12.9. The maximum Gasteiger partial charge on any atom is 0.247 e. The van der Waals surface area contributed by atoms with E-state index in [4.69, 9.17) is 0 Å². The van der Waals surface area contributed by atoms with Gasteiger partial charge >= 0.3 is 0 Å². The first-order valence-electron chi connectivity index (χ1n) is 10.5. The van der Waals surface area contributed by atoms with Gasteiger partial charge in [0.1, 0.15) is 6.04 Å². The Balaban J connectivity index is 0.00000320. The van der Waals surface area contributed by atoms with Crippen LogP contribution >= 0.6 is 12.4 Å². The van der Waals surface area contributed by atoms with Crippen molar-refractivity contribution in [3.63, 3.8) is 0 Å². The van der Waals surface area contributed by atoms with Gasteiger partial charge in [0, 0.05) is 12.2 Å². The van der Waals surface area contributed by atoms with Crippen molar-refractivity contribution in [3.05, 3.63) is 65.2 Å². The molecule has 5 nitrogen and oxygen atoms in total. The number of hydrogen-bond donors (Lipinski definition) is 3. The Morgan fingerprint density at radius 1 is 1.07 bits per heavy atom. The molecule has 0 bridgehead atoms. The molecule has 0 aromatic heterocycles. The molecule has 0 radical (unpaired) electrons. The molecule has 3 unspecified atom stereocenters. The van der Waals surface area contributed by atoms with Crippen LogP contribution in [0.2, 0.25) is 0 Å². The Bertz CT molecular complexity index is 854. The number of nitrogens with one attached hydrogen (secondary N) is 3. The zero-order valence-electron chi connectivity index (χ0n) is 17.9. The molecule has 1 aliphatic rings. The summed E-state index contributed by atoms with van der Waals surface area (Å²) in [5, 5.41) is 9.25. The maximum absolute atomic E-state index is 12.9. The first-order valence-corrected chi connectivity index (χ1v) is 10.5. The lowest BCUT2D eigenvalue weighted by Crippen LogP contribution is -2.55. The lowest BCUT2D eigenvalue weighted by Gasteiger charge is -2.29. The second-order valence-corrected chi connectivity index (χ2v) is 7.82. The number of anilines is 1. The zero-order valence-corrected chi connectivity index (χ0v) is 18.7. The van der Waals surface area contributed by atoms with Gasteiger partial charge < -0.3 is 16.0 Å². The SMILES string of the molecule is CCc1ccc(NC(=O)C(NC(=O)C2Cc3ccccc3CN2)C(C)CC)cc1.Cl. The van der Waals surface area contributed by atoms with Crippen molar-refractivity contribution in [1.29, 1.82) is 0 Å². The average molecular weight is 430 g/mol. The summed E-state index contributed by atoms with van der Waals surface area (Å²) in [6.45, 7) is 6.79. The largest absolute Gasteiger partial charge is 0.343 e. The normalized spacial score (nSPS) is 17.1. The molecule has 2 aromatic carbocycles. The molecule has 0 aliphatic carbocycles. The van der Waals surface area contributed by atoms with Crippen LogP contribution in [0.15, 0.2) is 48.5 Å². The molecule has 2 amide bonds. The van der Waals surface area contributed by atoms with Gasteiger partial charge in [-0.1, -0.05) is 63.6 Å². The highest BCUT2D eigenvalue weighted by Crippen LogP contribution is 2.18. The van der Waals surface area contributed by atoms with Crippen LogP contribution in [-0.2, 0) is 29.0 Å². The van der Waals surface area contributed by atoms with Gasteiger partial charge in [0.05, 0.1) is 6.04 Å². The monoisotopic (exact) mass is 429 g/mol. The Hall–Kier alpha value is -2.37. The number of hydrogen-bond acceptors (Lipinski definition) is 3.